The maximum Gasteiger partial charge on any atom is 0.270 e. The predicted molar refractivity (Wildman–Crippen MR) is 47.5 cm³/mol. The molecular formula is C8H8N2O3. The largest absolute Gasteiger partial charge is 0.398 e. The van der Waals surface area contributed by atoms with E-state index in [4.69, 9.17) is 5.73 Å². The van der Waals surface area contributed by atoms with Crippen molar-refractivity contribution in [2.75, 3.05) is 5.73 Å². The topological polar surface area (TPSA) is 86.2 Å². The van der Waals surface area contributed by atoms with E-state index in [0.29, 0.717) is 0 Å². The normalized spacial score (nSPS) is 9.62. The van der Waals surface area contributed by atoms with E-state index >= 15 is 0 Å². The van der Waals surface area contributed by atoms with Gasteiger partial charge in [0.2, 0.25) is 0 Å². The fourth-order valence-corrected chi connectivity index (χ4v) is 0.963. The lowest BCUT2D eigenvalue weighted by molar-refractivity contribution is -0.384. The van der Waals surface area contributed by atoms with Gasteiger partial charge in [0.05, 0.1) is 4.92 Å². The number of nitrogens with zero attached hydrogens (tertiary/aromatic N) is 1. The Kier molecular flexibility index (Phi) is 2.27. The van der Waals surface area contributed by atoms with Crippen LogP contribution in [0.25, 0.3) is 0 Å². The molecule has 68 valence electrons. The fourth-order valence-electron chi connectivity index (χ4n) is 0.963. The van der Waals surface area contributed by atoms with Crippen molar-refractivity contribution < 1.29 is 9.72 Å². The van der Waals surface area contributed by atoms with Crippen molar-refractivity contribution in [3.05, 3.63) is 33.9 Å². The summed E-state index contributed by atoms with van der Waals surface area (Å²) in [5.74, 6) is -0.277. The Morgan fingerprint density at radius 1 is 1.54 bits per heavy atom. The number of Topliss-reactive ketones (excluding diaryl/α,β-unsaturated/α-hetero) is 1. The van der Waals surface area contributed by atoms with Crippen LogP contribution in [0.4, 0.5) is 11.4 Å². The third-order valence-electron chi connectivity index (χ3n) is 1.63. The third-order valence-corrected chi connectivity index (χ3v) is 1.63. The molecule has 0 saturated carbocycles. The van der Waals surface area contributed by atoms with Crippen LogP contribution in [0.2, 0.25) is 0 Å². The van der Waals surface area contributed by atoms with Gasteiger partial charge in [0, 0.05) is 23.4 Å². The van der Waals surface area contributed by atoms with E-state index < -0.39 is 4.92 Å². The van der Waals surface area contributed by atoms with Crippen molar-refractivity contribution in [1.29, 1.82) is 0 Å². The molecule has 0 bridgehead atoms. The monoisotopic (exact) mass is 180 g/mol. The van der Waals surface area contributed by atoms with Gasteiger partial charge in [0.1, 0.15) is 0 Å². The van der Waals surface area contributed by atoms with Crippen molar-refractivity contribution in [3.63, 3.8) is 0 Å². The first-order chi connectivity index (χ1) is 6.02. The maximum atomic E-state index is 10.9. The van der Waals surface area contributed by atoms with Gasteiger partial charge in [0.25, 0.3) is 5.69 Å². The summed E-state index contributed by atoms with van der Waals surface area (Å²) in [6.45, 7) is 1.31. The molecule has 0 atom stereocenters. The average Bonchev–Trinajstić information content (AvgIpc) is 2.04. The second-order valence-corrected chi connectivity index (χ2v) is 2.58. The van der Waals surface area contributed by atoms with E-state index in [-0.39, 0.29) is 22.7 Å². The number of carbonyl (C=O) groups is 1. The molecule has 0 aromatic heterocycles. The van der Waals surface area contributed by atoms with Gasteiger partial charge < -0.3 is 5.73 Å². The minimum atomic E-state index is -0.564. The molecule has 0 heterocycles. The lowest BCUT2D eigenvalue weighted by Gasteiger charge is -2.00. The smallest absolute Gasteiger partial charge is 0.270 e. The van der Waals surface area contributed by atoms with Crippen LogP contribution in [0, 0.1) is 10.1 Å². The van der Waals surface area contributed by atoms with Crippen LogP contribution in [-0.4, -0.2) is 10.7 Å². The van der Waals surface area contributed by atoms with Crippen LogP contribution >= 0.6 is 0 Å². The molecule has 0 aliphatic rings. The Bertz CT molecular complexity index is 374. The summed E-state index contributed by atoms with van der Waals surface area (Å²) in [5, 5.41) is 10.3. The first kappa shape index (κ1) is 9.18. The van der Waals surface area contributed by atoms with E-state index in [1.807, 2.05) is 0 Å². The first-order valence-electron chi connectivity index (χ1n) is 3.57. The molecule has 1 rings (SSSR count). The van der Waals surface area contributed by atoms with Gasteiger partial charge in [-0.1, -0.05) is 0 Å². The molecule has 13 heavy (non-hydrogen) atoms. The second kappa shape index (κ2) is 3.22. The van der Waals surface area contributed by atoms with E-state index in [2.05, 4.69) is 0 Å². The first-order valence-corrected chi connectivity index (χ1v) is 3.57. The number of nitrogen functional groups attached to an aromatic ring is 1. The number of hydrogen-bond donors (Lipinski definition) is 1. The fraction of sp³-hybridized carbons (Fsp3) is 0.125. The Hall–Kier alpha value is -1.91. The zero-order chi connectivity index (χ0) is 10.0. The SMILES string of the molecule is CC(=O)c1cc([N+](=O)[O-])ccc1N. The molecule has 0 unspecified atom stereocenters. The lowest BCUT2D eigenvalue weighted by atomic mass is 10.1. The Morgan fingerprint density at radius 3 is 2.62 bits per heavy atom. The highest BCUT2D eigenvalue weighted by Gasteiger charge is 2.11. The molecule has 0 aliphatic heterocycles. The molecular weight excluding hydrogens is 172 g/mol. The predicted octanol–water partition coefficient (Wildman–Crippen LogP) is 1.38. The second-order valence-electron chi connectivity index (χ2n) is 2.58. The van der Waals surface area contributed by atoms with Gasteiger partial charge in [-0.3, -0.25) is 14.9 Å². The Morgan fingerprint density at radius 2 is 2.15 bits per heavy atom. The van der Waals surface area contributed by atoms with Crippen molar-refractivity contribution >= 4 is 17.2 Å². The minimum Gasteiger partial charge on any atom is -0.398 e. The molecule has 0 spiro atoms. The van der Waals surface area contributed by atoms with Gasteiger partial charge in [-0.25, -0.2) is 0 Å². The third kappa shape index (κ3) is 1.81. The van der Waals surface area contributed by atoms with Gasteiger partial charge in [-0.05, 0) is 13.0 Å². The van der Waals surface area contributed by atoms with Crippen LogP contribution in [-0.2, 0) is 0 Å². The van der Waals surface area contributed by atoms with E-state index in [1.54, 1.807) is 0 Å². The van der Waals surface area contributed by atoms with Crippen molar-refractivity contribution in [3.8, 4) is 0 Å². The quantitative estimate of drug-likeness (QED) is 0.322. The van der Waals surface area contributed by atoms with Gasteiger partial charge in [-0.15, -0.1) is 0 Å². The summed E-state index contributed by atoms with van der Waals surface area (Å²) >= 11 is 0. The zero-order valence-electron chi connectivity index (χ0n) is 6.98. The summed E-state index contributed by atoms with van der Waals surface area (Å²) in [5.41, 5.74) is 5.77. The van der Waals surface area contributed by atoms with Gasteiger partial charge in [0.15, 0.2) is 5.78 Å². The molecule has 1 aromatic carbocycles. The molecule has 5 nitrogen and oxygen atoms in total. The number of nitro benzene ring substituents is 1. The molecule has 0 fully saturated rings. The number of non-ortho nitro benzene ring substituents is 1. The summed E-state index contributed by atoms with van der Waals surface area (Å²) in [6, 6.07) is 3.80. The van der Waals surface area contributed by atoms with Crippen molar-refractivity contribution in [2.45, 2.75) is 6.92 Å². The van der Waals surface area contributed by atoms with Gasteiger partial charge in [-0.2, -0.15) is 0 Å². The highest BCUT2D eigenvalue weighted by atomic mass is 16.6. The van der Waals surface area contributed by atoms with Crippen LogP contribution in [0.3, 0.4) is 0 Å². The highest BCUT2D eigenvalue weighted by Crippen LogP contribution is 2.19. The number of ketones is 1. The molecule has 0 aliphatic carbocycles. The number of carbonyl (C=O) groups excluding carboxylic acids is 1. The molecule has 5 heteroatoms. The number of anilines is 1. The van der Waals surface area contributed by atoms with Crippen molar-refractivity contribution in [2.24, 2.45) is 0 Å². The summed E-state index contributed by atoms with van der Waals surface area (Å²) in [6.07, 6.45) is 0. The summed E-state index contributed by atoms with van der Waals surface area (Å²) in [4.78, 5) is 20.7. The summed E-state index contributed by atoms with van der Waals surface area (Å²) < 4.78 is 0. The molecule has 1 aromatic rings. The van der Waals surface area contributed by atoms with E-state index in [9.17, 15) is 14.9 Å². The van der Waals surface area contributed by atoms with Crippen LogP contribution in [0.15, 0.2) is 18.2 Å². The Balaban J connectivity index is 3.27. The number of nitro groups is 1. The average molecular weight is 180 g/mol. The minimum absolute atomic E-state index is 0.126. The molecule has 0 radical (unpaired) electrons. The number of rotatable bonds is 2. The van der Waals surface area contributed by atoms with E-state index in [0.717, 1.165) is 0 Å². The maximum absolute atomic E-state index is 10.9. The highest BCUT2D eigenvalue weighted by molar-refractivity contribution is 5.99. The van der Waals surface area contributed by atoms with Gasteiger partial charge >= 0.3 is 0 Å². The van der Waals surface area contributed by atoms with Crippen LogP contribution < -0.4 is 5.73 Å². The van der Waals surface area contributed by atoms with Crippen molar-refractivity contribution in [1.82, 2.24) is 0 Å². The number of hydrogen-bond acceptors (Lipinski definition) is 4. The number of benzene rings is 1. The molecule has 2 N–H and O–H groups in total. The standard InChI is InChI=1S/C8H8N2O3/c1-5(11)7-4-6(10(12)13)2-3-8(7)9/h2-4H,9H2,1H3. The zero-order valence-corrected chi connectivity index (χ0v) is 6.98. The molecule has 0 saturated heterocycles. The van der Waals surface area contributed by atoms with Crippen LogP contribution in [0.1, 0.15) is 17.3 Å². The van der Waals surface area contributed by atoms with Crippen LogP contribution in [0.5, 0.6) is 0 Å². The Labute approximate surface area is 74.3 Å². The summed E-state index contributed by atoms with van der Waals surface area (Å²) in [7, 11) is 0. The lowest BCUT2D eigenvalue weighted by Crippen LogP contribution is -2.00. The number of nitrogens with two attached hydrogens (primary N) is 1. The van der Waals surface area contributed by atoms with E-state index in [1.165, 1.54) is 25.1 Å². The molecule has 0 amide bonds.